The zero-order valence-corrected chi connectivity index (χ0v) is 23.8. The summed E-state index contributed by atoms with van der Waals surface area (Å²) in [6, 6.07) is 9.94. The van der Waals surface area contributed by atoms with Crippen LogP contribution in [0.5, 0.6) is 0 Å². The van der Waals surface area contributed by atoms with Crippen LogP contribution in [-0.4, -0.2) is 75.3 Å². The van der Waals surface area contributed by atoms with E-state index in [2.05, 4.69) is 52.9 Å². The molecule has 0 spiro atoms. The van der Waals surface area contributed by atoms with Crippen molar-refractivity contribution in [2.75, 3.05) is 33.2 Å². The average Bonchev–Trinajstić information content (AvgIpc) is 3.41. The highest BCUT2D eigenvalue weighted by molar-refractivity contribution is 5.77. The smallest absolute Gasteiger partial charge is 0.380 e. The first kappa shape index (κ1) is 29.2. The van der Waals surface area contributed by atoms with Gasteiger partial charge in [0.2, 0.25) is 17.6 Å². The fraction of sp³-hybridized carbons (Fsp3) is 0.533. The Kier molecular flexibility index (Phi) is 7.71. The highest BCUT2D eigenvalue weighted by Gasteiger charge is 2.55. The SMILES string of the molecule is CC(C)c1ccc([C@](O)(c2cncc(-c3noc(C4CCN(C(=O)CC(F)(F)F)CC4)n3)c2)C2(C)CN(C)C2)cc1. The van der Waals surface area contributed by atoms with Crippen molar-refractivity contribution >= 4 is 5.91 Å². The Balaban J connectivity index is 1.38. The number of alkyl halides is 3. The van der Waals surface area contributed by atoms with Gasteiger partial charge >= 0.3 is 6.18 Å². The number of aliphatic hydroxyl groups is 1. The largest absolute Gasteiger partial charge is 0.397 e. The third kappa shape index (κ3) is 5.74. The Morgan fingerprint density at radius 1 is 1.12 bits per heavy atom. The normalized spacial score (nSPS) is 19.7. The Labute approximate surface area is 237 Å². The van der Waals surface area contributed by atoms with Crippen LogP contribution >= 0.6 is 0 Å². The molecule has 41 heavy (non-hydrogen) atoms. The number of halogens is 3. The summed E-state index contributed by atoms with van der Waals surface area (Å²) in [5.41, 5.74) is 1.42. The first-order valence-electron chi connectivity index (χ1n) is 13.9. The van der Waals surface area contributed by atoms with Gasteiger partial charge < -0.3 is 19.4 Å². The maximum absolute atomic E-state index is 12.6. The quantitative estimate of drug-likeness (QED) is 0.422. The molecule has 3 aromatic rings. The molecule has 0 bridgehead atoms. The van der Waals surface area contributed by atoms with Crippen molar-refractivity contribution in [3.63, 3.8) is 0 Å². The van der Waals surface area contributed by atoms with Gasteiger partial charge in [-0.15, -0.1) is 0 Å². The van der Waals surface area contributed by atoms with Crippen LogP contribution in [0.2, 0.25) is 0 Å². The second-order valence-electron chi connectivity index (χ2n) is 12.1. The summed E-state index contributed by atoms with van der Waals surface area (Å²) in [5, 5.41) is 16.6. The Morgan fingerprint density at radius 2 is 1.78 bits per heavy atom. The van der Waals surface area contributed by atoms with E-state index in [1.807, 2.05) is 25.2 Å². The standard InChI is InChI=1S/C30H36F3N5O3/c1-19(2)20-5-7-23(8-6-20)30(40,28(3)17-37(4)18-28)24-13-22(15-34-16-24)26-35-27(41-36-26)21-9-11-38(12-10-21)25(39)14-29(31,32)33/h5-8,13,15-16,19,21,40H,9-12,14,17-18H2,1-4H3/t30-/m0/s1. The molecule has 2 saturated heterocycles. The molecular weight excluding hydrogens is 535 g/mol. The van der Waals surface area contributed by atoms with Crippen LogP contribution in [0.25, 0.3) is 11.4 Å². The lowest BCUT2D eigenvalue weighted by Gasteiger charge is -2.55. The molecule has 2 aliphatic heterocycles. The van der Waals surface area contributed by atoms with Crippen molar-refractivity contribution in [1.82, 2.24) is 24.9 Å². The Hall–Kier alpha value is -3.31. The molecule has 2 aliphatic rings. The van der Waals surface area contributed by atoms with Crippen molar-refractivity contribution in [3.8, 4) is 11.4 Å². The van der Waals surface area contributed by atoms with E-state index in [0.717, 1.165) is 5.56 Å². The van der Waals surface area contributed by atoms with Gasteiger partial charge in [-0.25, -0.2) is 0 Å². The third-order valence-electron chi connectivity index (χ3n) is 8.51. The first-order valence-corrected chi connectivity index (χ1v) is 13.9. The fourth-order valence-electron chi connectivity index (χ4n) is 6.28. The number of benzene rings is 1. The predicted molar refractivity (Wildman–Crippen MR) is 146 cm³/mol. The average molecular weight is 572 g/mol. The van der Waals surface area contributed by atoms with E-state index < -0.39 is 29.5 Å². The molecule has 4 heterocycles. The van der Waals surface area contributed by atoms with Crippen LogP contribution in [0.4, 0.5) is 13.2 Å². The van der Waals surface area contributed by atoms with E-state index in [1.54, 1.807) is 12.4 Å². The van der Waals surface area contributed by atoms with Crippen LogP contribution in [0.3, 0.4) is 0 Å². The third-order valence-corrected chi connectivity index (χ3v) is 8.51. The Morgan fingerprint density at radius 3 is 2.37 bits per heavy atom. The zero-order chi connectivity index (χ0) is 29.6. The van der Waals surface area contributed by atoms with Gasteiger partial charge in [-0.1, -0.05) is 50.2 Å². The molecule has 1 N–H and O–H groups in total. The lowest BCUT2D eigenvalue weighted by atomic mass is 9.62. The van der Waals surface area contributed by atoms with Gasteiger partial charge in [-0.05, 0) is 43.0 Å². The number of amides is 1. The second kappa shape index (κ2) is 10.8. The maximum atomic E-state index is 12.6. The number of hydrogen-bond acceptors (Lipinski definition) is 7. The van der Waals surface area contributed by atoms with Gasteiger partial charge in [-0.2, -0.15) is 18.2 Å². The molecule has 1 aromatic carbocycles. The van der Waals surface area contributed by atoms with E-state index in [-0.39, 0.29) is 19.0 Å². The predicted octanol–water partition coefficient (Wildman–Crippen LogP) is 5.10. The molecule has 1 amide bonds. The lowest BCUT2D eigenvalue weighted by molar-refractivity contribution is -0.162. The number of aromatic nitrogens is 3. The van der Waals surface area contributed by atoms with Gasteiger partial charge in [0.05, 0.1) is 0 Å². The summed E-state index contributed by atoms with van der Waals surface area (Å²) in [7, 11) is 2.02. The molecule has 0 unspecified atom stereocenters. The summed E-state index contributed by atoms with van der Waals surface area (Å²) in [4.78, 5) is 24.4. The monoisotopic (exact) mass is 571 g/mol. The number of carbonyl (C=O) groups excluding carboxylic acids is 1. The number of rotatable bonds is 7. The van der Waals surface area contributed by atoms with Gasteiger partial charge in [0.25, 0.3) is 0 Å². The number of hydrogen-bond donors (Lipinski definition) is 1. The Bertz CT molecular complexity index is 1380. The summed E-state index contributed by atoms with van der Waals surface area (Å²) in [6.45, 7) is 8.15. The fourth-order valence-corrected chi connectivity index (χ4v) is 6.28. The van der Waals surface area contributed by atoms with E-state index in [0.29, 0.717) is 54.7 Å². The molecule has 0 saturated carbocycles. The molecular formula is C30H36F3N5O3. The van der Waals surface area contributed by atoms with Crippen LogP contribution in [-0.2, 0) is 10.4 Å². The van der Waals surface area contributed by atoms with Gasteiger partial charge in [0.1, 0.15) is 12.0 Å². The second-order valence-corrected chi connectivity index (χ2v) is 12.1. The lowest BCUT2D eigenvalue weighted by Crippen LogP contribution is -2.63. The van der Waals surface area contributed by atoms with Gasteiger partial charge in [0, 0.05) is 61.0 Å². The number of nitrogens with zero attached hydrogens (tertiary/aromatic N) is 5. The molecule has 2 fully saturated rings. The van der Waals surface area contributed by atoms with Crippen molar-refractivity contribution < 1.29 is 27.6 Å². The van der Waals surface area contributed by atoms with Crippen molar-refractivity contribution in [1.29, 1.82) is 0 Å². The number of pyridine rings is 1. The van der Waals surface area contributed by atoms with Crippen LogP contribution in [0, 0.1) is 5.41 Å². The minimum Gasteiger partial charge on any atom is -0.380 e. The maximum Gasteiger partial charge on any atom is 0.397 e. The van der Waals surface area contributed by atoms with E-state index in [4.69, 9.17) is 4.52 Å². The highest BCUT2D eigenvalue weighted by atomic mass is 19.4. The summed E-state index contributed by atoms with van der Waals surface area (Å²) < 4.78 is 43.4. The van der Waals surface area contributed by atoms with Gasteiger partial charge in [-0.3, -0.25) is 9.78 Å². The topological polar surface area (TPSA) is 95.6 Å². The van der Waals surface area contributed by atoms with E-state index >= 15 is 0 Å². The number of carbonyl (C=O) groups is 1. The van der Waals surface area contributed by atoms with Crippen LogP contribution in [0.15, 0.2) is 47.2 Å². The summed E-state index contributed by atoms with van der Waals surface area (Å²) >= 11 is 0. The van der Waals surface area contributed by atoms with Gasteiger partial charge in [0.15, 0.2) is 0 Å². The van der Waals surface area contributed by atoms with E-state index in [1.165, 1.54) is 10.5 Å². The molecule has 11 heteroatoms. The first-order chi connectivity index (χ1) is 19.3. The zero-order valence-electron chi connectivity index (χ0n) is 23.8. The molecule has 220 valence electrons. The summed E-state index contributed by atoms with van der Waals surface area (Å²) in [5.74, 6) is -0.0164. The molecule has 1 atom stereocenters. The minimum atomic E-state index is -4.52. The number of piperidine rings is 1. The van der Waals surface area contributed by atoms with E-state index in [9.17, 15) is 23.1 Å². The van der Waals surface area contributed by atoms with Crippen LogP contribution < -0.4 is 0 Å². The minimum absolute atomic E-state index is 0.164. The van der Waals surface area contributed by atoms with Crippen molar-refractivity contribution in [3.05, 3.63) is 65.3 Å². The molecule has 0 radical (unpaired) electrons. The van der Waals surface area contributed by atoms with Crippen LogP contribution in [0.1, 0.15) is 74.5 Å². The van der Waals surface area contributed by atoms with Crippen molar-refractivity contribution in [2.24, 2.45) is 5.41 Å². The summed E-state index contributed by atoms with van der Waals surface area (Å²) in [6.07, 6.45) is -1.81. The highest BCUT2D eigenvalue weighted by Crippen LogP contribution is 2.50. The van der Waals surface area contributed by atoms with Crippen molar-refractivity contribution in [2.45, 2.75) is 63.6 Å². The molecule has 2 aromatic heterocycles. The number of likely N-dealkylation sites (tertiary alicyclic amines) is 2. The molecule has 8 nitrogen and oxygen atoms in total. The molecule has 5 rings (SSSR count). The molecule has 0 aliphatic carbocycles.